The number of hydrogen-bond acceptors (Lipinski definition) is 3. The first-order valence-corrected chi connectivity index (χ1v) is 8.15. The molecule has 1 aromatic carbocycles. The van der Waals surface area contributed by atoms with E-state index in [0.29, 0.717) is 5.92 Å². The van der Waals surface area contributed by atoms with E-state index in [1.807, 2.05) is 6.92 Å². The molecule has 0 aliphatic carbocycles. The first-order chi connectivity index (χ1) is 9.87. The molecule has 1 aliphatic heterocycles. The molecule has 0 amide bonds. The minimum absolute atomic E-state index is 0.564. The Balaban J connectivity index is 2.14. The average molecular weight is 290 g/mol. The molecule has 3 heteroatoms. The predicted octanol–water partition coefficient (Wildman–Crippen LogP) is 3.09. The summed E-state index contributed by atoms with van der Waals surface area (Å²) in [5.74, 6) is 0.661. The standard InChI is InChI=1S/C18H30N2O/c1-14(2)11-19-12-16-10-15(3)6-7-17(16)20-9-5-8-18(4,21)13-20/h6-7,10,14,19,21H,5,8-9,11-13H2,1-4H3. The normalized spacial score (nSPS) is 22.9. The van der Waals surface area contributed by atoms with Crippen molar-refractivity contribution >= 4 is 5.69 Å². The molecule has 1 saturated heterocycles. The maximum atomic E-state index is 10.3. The Morgan fingerprint density at radius 1 is 1.38 bits per heavy atom. The van der Waals surface area contributed by atoms with Crippen LogP contribution in [0.1, 0.15) is 44.7 Å². The molecule has 2 N–H and O–H groups in total. The quantitative estimate of drug-likeness (QED) is 0.875. The Kier molecular flexibility index (Phi) is 5.28. The minimum atomic E-state index is -0.564. The minimum Gasteiger partial charge on any atom is -0.388 e. The van der Waals surface area contributed by atoms with Gasteiger partial charge in [0.15, 0.2) is 0 Å². The summed E-state index contributed by atoms with van der Waals surface area (Å²) in [6, 6.07) is 6.65. The Hall–Kier alpha value is -1.06. The van der Waals surface area contributed by atoms with Crippen molar-refractivity contribution in [3.63, 3.8) is 0 Å². The Bertz CT molecular complexity index is 468. The van der Waals surface area contributed by atoms with Gasteiger partial charge in [0, 0.05) is 25.3 Å². The van der Waals surface area contributed by atoms with Gasteiger partial charge in [-0.05, 0) is 50.8 Å². The van der Waals surface area contributed by atoms with E-state index in [9.17, 15) is 5.11 Å². The molecular formula is C18H30N2O. The molecule has 1 aliphatic rings. The van der Waals surface area contributed by atoms with Crippen molar-refractivity contribution in [1.82, 2.24) is 5.32 Å². The summed E-state index contributed by atoms with van der Waals surface area (Å²) >= 11 is 0. The number of aliphatic hydroxyl groups is 1. The summed E-state index contributed by atoms with van der Waals surface area (Å²) in [5, 5.41) is 13.9. The lowest BCUT2D eigenvalue weighted by molar-refractivity contribution is 0.0449. The van der Waals surface area contributed by atoms with Crippen molar-refractivity contribution in [3.8, 4) is 0 Å². The lowest BCUT2D eigenvalue weighted by Gasteiger charge is -2.39. The van der Waals surface area contributed by atoms with E-state index in [-0.39, 0.29) is 0 Å². The van der Waals surface area contributed by atoms with Crippen molar-refractivity contribution in [1.29, 1.82) is 0 Å². The van der Waals surface area contributed by atoms with E-state index in [0.717, 1.165) is 39.0 Å². The van der Waals surface area contributed by atoms with Crippen LogP contribution in [0.4, 0.5) is 5.69 Å². The summed E-state index contributed by atoms with van der Waals surface area (Å²) in [4.78, 5) is 2.34. The summed E-state index contributed by atoms with van der Waals surface area (Å²) < 4.78 is 0. The largest absolute Gasteiger partial charge is 0.388 e. The number of nitrogens with zero attached hydrogens (tertiary/aromatic N) is 1. The molecule has 0 aromatic heterocycles. The topological polar surface area (TPSA) is 35.5 Å². The van der Waals surface area contributed by atoms with E-state index in [1.54, 1.807) is 0 Å². The van der Waals surface area contributed by atoms with E-state index >= 15 is 0 Å². The molecule has 3 nitrogen and oxygen atoms in total. The van der Waals surface area contributed by atoms with E-state index < -0.39 is 5.60 Å². The van der Waals surface area contributed by atoms with Crippen molar-refractivity contribution in [2.24, 2.45) is 5.92 Å². The lowest BCUT2D eigenvalue weighted by Crippen LogP contribution is -2.46. The highest BCUT2D eigenvalue weighted by Crippen LogP contribution is 2.29. The highest BCUT2D eigenvalue weighted by Gasteiger charge is 2.29. The van der Waals surface area contributed by atoms with Crippen molar-refractivity contribution in [3.05, 3.63) is 29.3 Å². The van der Waals surface area contributed by atoms with Gasteiger partial charge < -0.3 is 15.3 Å². The molecule has 0 spiro atoms. The lowest BCUT2D eigenvalue weighted by atomic mass is 9.94. The van der Waals surface area contributed by atoms with Crippen molar-refractivity contribution in [2.45, 2.75) is 52.7 Å². The highest BCUT2D eigenvalue weighted by molar-refractivity contribution is 5.55. The fourth-order valence-corrected chi connectivity index (χ4v) is 3.09. The second-order valence-corrected chi connectivity index (χ2v) is 7.18. The van der Waals surface area contributed by atoms with Crippen LogP contribution in [0.2, 0.25) is 0 Å². The van der Waals surface area contributed by atoms with Crippen molar-refractivity contribution < 1.29 is 5.11 Å². The van der Waals surface area contributed by atoms with Gasteiger partial charge in [0.05, 0.1) is 5.60 Å². The van der Waals surface area contributed by atoms with Gasteiger partial charge in [-0.1, -0.05) is 31.5 Å². The van der Waals surface area contributed by atoms with Crippen LogP contribution < -0.4 is 10.2 Å². The molecule has 1 aromatic rings. The molecule has 0 radical (unpaired) electrons. The first kappa shape index (κ1) is 16.3. The predicted molar refractivity (Wildman–Crippen MR) is 89.8 cm³/mol. The molecule has 0 bridgehead atoms. The fourth-order valence-electron chi connectivity index (χ4n) is 3.09. The second kappa shape index (κ2) is 6.80. The number of aryl methyl sites for hydroxylation is 1. The third kappa shape index (κ3) is 4.72. The summed E-state index contributed by atoms with van der Waals surface area (Å²) in [5.41, 5.74) is 3.35. The highest BCUT2D eigenvalue weighted by atomic mass is 16.3. The third-order valence-electron chi connectivity index (χ3n) is 4.12. The van der Waals surface area contributed by atoms with Crippen molar-refractivity contribution in [2.75, 3.05) is 24.5 Å². The van der Waals surface area contributed by atoms with Gasteiger partial charge in [-0.15, -0.1) is 0 Å². The van der Waals surface area contributed by atoms with Gasteiger partial charge in [0.2, 0.25) is 0 Å². The van der Waals surface area contributed by atoms with Gasteiger partial charge >= 0.3 is 0 Å². The van der Waals surface area contributed by atoms with Crippen LogP contribution in [0.25, 0.3) is 0 Å². The summed E-state index contributed by atoms with van der Waals surface area (Å²) in [6.45, 7) is 12.2. The number of piperidine rings is 1. The zero-order valence-electron chi connectivity index (χ0n) is 13.9. The number of anilines is 1. The third-order valence-corrected chi connectivity index (χ3v) is 4.12. The maximum Gasteiger partial charge on any atom is 0.0794 e. The fraction of sp³-hybridized carbons (Fsp3) is 0.667. The summed E-state index contributed by atoms with van der Waals surface area (Å²) in [6.07, 6.45) is 1.95. The molecule has 0 saturated carbocycles. The van der Waals surface area contributed by atoms with Gasteiger partial charge in [0.1, 0.15) is 0 Å². The number of β-amino-alcohol motifs (C(OH)–C–C–N with tert-alkyl or cyclic N) is 1. The summed E-state index contributed by atoms with van der Waals surface area (Å²) in [7, 11) is 0. The van der Waals surface area contributed by atoms with Crippen LogP contribution in [0.3, 0.4) is 0 Å². The molecule has 1 unspecified atom stereocenters. The van der Waals surface area contributed by atoms with Crippen LogP contribution in [-0.2, 0) is 6.54 Å². The number of benzene rings is 1. The van der Waals surface area contributed by atoms with E-state index in [4.69, 9.17) is 0 Å². The van der Waals surface area contributed by atoms with E-state index in [2.05, 4.69) is 49.2 Å². The van der Waals surface area contributed by atoms with Gasteiger partial charge in [0.25, 0.3) is 0 Å². The molecule has 1 heterocycles. The van der Waals surface area contributed by atoms with Crippen LogP contribution in [0, 0.1) is 12.8 Å². The second-order valence-electron chi connectivity index (χ2n) is 7.18. The van der Waals surface area contributed by atoms with E-state index in [1.165, 1.54) is 16.8 Å². The molecule has 2 rings (SSSR count). The molecule has 1 fully saturated rings. The Morgan fingerprint density at radius 3 is 2.81 bits per heavy atom. The van der Waals surface area contributed by atoms with Crippen LogP contribution in [-0.4, -0.2) is 30.3 Å². The smallest absolute Gasteiger partial charge is 0.0794 e. The van der Waals surface area contributed by atoms with Crippen LogP contribution in [0.5, 0.6) is 0 Å². The average Bonchev–Trinajstić information content (AvgIpc) is 2.37. The van der Waals surface area contributed by atoms with Gasteiger partial charge in [-0.25, -0.2) is 0 Å². The zero-order valence-corrected chi connectivity index (χ0v) is 13.9. The molecule has 1 atom stereocenters. The SMILES string of the molecule is Cc1ccc(N2CCCC(C)(O)C2)c(CNCC(C)C)c1. The van der Waals surface area contributed by atoms with Gasteiger partial charge in [-0.3, -0.25) is 0 Å². The Labute approximate surface area is 129 Å². The maximum absolute atomic E-state index is 10.3. The number of hydrogen-bond donors (Lipinski definition) is 2. The van der Waals surface area contributed by atoms with Gasteiger partial charge in [-0.2, -0.15) is 0 Å². The number of rotatable bonds is 5. The van der Waals surface area contributed by atoms with Crippen LogP contribution >= 0.6 is 0 Å². The first-order valence-electron chi connectivity index (χ1n) is 8.15. The molecular weight excluding hydrogens is 260 g/mol. The Morgan fingerprint density at radius 2 is 2.14 bits per heavy atom. The molecule has 118 valence electrons. The zero-order chi connectivity index (χ0) is 15.5. The van der Waals surface area contributed by atoms with Crippen LogP contribution in [0.15, 0.2) is 18.2 Å². The molecule has 21 heavy (non-hydrogen) atoms. The number of nitrogens with one attached hydrogen (secondary N) is 1. The monoisotopic (exact) mass is 290 g/mol.